The van der Waals surface area contributed by atoms with Gasteiger partial charge in [0.1, 0.15) is 0 Å². The Labute approximate surface area is 220 Å². The van der Waals surface area contributed by atoms with Crippen LogP contribution in [0.4, 0.5) is 0 Å². The molecular weight excluding hydrogens is 567 g/mol. The van der Waals surface area contributed by atoms with Crippen molar-refractivity contribution >= 4 is 30.4 Å². The number of hydrogen-bond acceptors (Lipinski definition) is 9. The van der Waals surface area contributed by atoms with Crippen molar-refractivity contribution in [2.45, 2.75) is 23.0 Å². The summed E-state index contributed by atoms with van der Waals surface area (Å²) in [5.41, 5.74) is 0.158. The summed E-state index contributed by atoms with van der Waals surface area (Å²) >= 11 is 0. The molecule has 192 valence electrons. The predicted molar refractivity (Wildman–Crippen MR) is 112 cm³/mol. The van der Waals surface area contributed by atoms with Crippen LogP contribution in [0.3, 0.4) is 0 Å². The summed E-state index contributed by atoms with van der Waals surface area (Å²) in [6, 6.07) is 5.45. The van der Waals surface area contributed by atoms with Crippen molar-refractivity contribution in [2.24, 2.45) is 0 Å². The van der Waals surface area contributed by atoms with Crippen LogP contribution in [0.15, 0.2) is 49.1 Å². The summed E-state index contributed by atoms with van der Waals surface area (Å²) in [4.78, 5) is 80.1. The average Bonchev–Trinajstić information content (AvgIpc) is 2.66. The van der Waals surface area contributed by atoms with E-state index in [0.29, 0.717) is 0 Å². The van der Waals surface area contributed by atoms with Crippen LogP contribution in [0.1, 0.15) is 11.1 Å². The monoisotopic (exact) mass is 588 g/mol. The molecule has 0 fully saturated rings. The maximum atomic E-state index is 11.0. The molecule has 2 heterocycles. The van der Waals surface area contributed by atoms with Gasteiger partial charge in [0, 0.05) is 37.6 Å². The van der Waals surface area contributed by atoms with Crippen LogP contribution >= 0.6 is 30.4 Å². The Bertz CT molecular complexity index is 1010. The van der Waals surface area contributed by atoms with E-state index < -0.39 is 53.4 Å². The number of aromatic nitrogens is 2. The van der Waals surface area contributed by atoms with Crippen molar-refractivity contribution in [3.8, 4) is 0 Å². The Balaban J connectivity index is 0.000000642. The van der Waals surface area contributed by atoms with Crippen LogP contribution in [0.2, 0.25) is 0 Å². The van der Waals surface area contributed by atoms with E-state index in [4.69, 9.17) is 34.3 Å². The van der Waals surface area contributed by atoms with E-state index in [1.54, 1.807) is 0 Å². The quantitative estimate of drug-likeness (QED) is 0.104. The first-order valence-corrected chi connectivity index (χ1v) is 15.0. The molecule has 0 radical (unpaired) electrons. The fourth-order valence-electron chi connectivity index (χ4n) is 2.30. The van der Waals surface area contributed by atoms with Gasteiger partial charge in [-0.3, -0.25) is 23.7 Å². The minimum atomic E-state index is -5.66. The zero-order chi connectivity index (χ0) is 26.6. The third kappa shape index (κ3) is 8.96. The third-order valence-corrected chi connectivity index (χ3v) is 11.6. The van der Waals surface area contributed by atoms with E-state index in [1.807, 2.05) is 0 Å². The molecular formula is C14H21N2NaO14P4. The molecule has 0 saturated carbocycles. The van der Waals surface area contributed by atoms with Gasteiger partial charge in [0.15, 0.2) is 7.60 Å². The molecule has 16 nitrogen and oxygen atoms in total. The Kier molecular flexibility index (Phi) is 12.5. The second-order valence-corrected chi connectivity index (χ2v) is 14.7. The van der Waals surface area contributed by atoms with Crippen LogP contribution in [0.5, 0.6) is 0 Å². The number of aliphatic hydroxyl groups is 2. The Morgan fingerprint density at radius 2 is 1.00 bits per heavy atom. The third-order valence-electron chi connectivity index (χ3n) is 4.18. The van der Waals surface area contributed by atoms with Gasteiger partial charge in [-0.2, -0.15) is 0 Å². The second kappa shape index (κ2) is 12.6. The molecule has 0 aromatic carbocycles. The Morgan fingerprint density at radius 3 is 1.23 bits per heavy atom. The van der Waals surface area contributed by atoms with Crippen LogP contribution in [0, 0.1) is 0 Å². The first kappa shape index (κ1) is 34.8. The van der Waals surface area contributed by atoms with Crippen molar-refractivity contribution in [3.05, 3.63) is 60.2 Å². The van der Waals surface area contributed by atoms with Gasteiger partial charge >= 0.3 is 52.3 Å². The van der Waals surface area contributed by atoms with E-state index in [-0.39, 0.29) is 40.7 Å². The van der Waals surface area contributed by atoms with Crippen LogP contribution in [-0.2, 0) is 31.1 Å². The molecule has 0 saturated heterocycles. The van der Waals surface area contributed by atoms with Gasteiger partial charge in [-0.1, -0.05) is 12.1 Å². The average molecular weight is 588 g/mol. The van der Waals surface area contributed by atoms with Crippen molar-refractivity contribution in [3.63, 3.8) is 0 Å². The number of nitrogens with zero attached hydrogens (tertiary/aromatic N) is 2. The van der Waals surface area contributed by atoms with Crippen LogP contribution in [-0.4, -0.2) is 64.6 Å². The molecule has 21 heteroatoms. The maximum absolute atomic E-state index is 11.0. The first-order chi connectivity index (χ1) is 15.2. The molecule has 0 spiro atoms. The molecule has 2 rings (SSSR count). The standard InChI is InChI=1S/2C7H11NO7P2.Na/c2*9-7(16(10,11)12,17(13,14)15)4-6-2-1-3-8-5-6;/h2*1-3,5,9H,4H2,(H2,10,11,12)(H2,13,14,15);/q;;+1/p-1. The van der Waals surface area contributed by atoms with Gasteiger partial charge in [0.2, 0.25) is 5.08 Å². The Morgan fingerprint density at radius 1 is 0.686 bits per heavy atom. The summed E-state index contributed by atoms with van der Waals surface area (Å²) in [6.45, 7) is 0. The first-order valence-electron chi connectivity index (χ1n) is 8.59. The molecule has 0 bridgehead atoms. The van der Waals surface area contributed by atoms with Gasteiger partial charge < -0.3 is 53.9 Å². The smallest absolute Gasteiger partial charge is 0.776 e. The maximum Gasteiger partial charge on any atom is 1.00 e. The van der Waals surface area contributed by atoms with Crippen LogP contribution in [0.25, 0.3) is 0 Å². The molecule has 2 aromatic rings. The van der Waals surface area contributed by atoms with E-state index in [9.17, 15) is 33.4 Å². The fourth-order valence-corrected chi connectivity index (χ4v) is 6.52. The molecule has 2 unspecified atom stereocenters. The summed E-state index contributed by atoms with van der Waals surface area (Å²) in [6.07, 6.45) is 3.15. The van der Waals surface area contributed by atoms with Crippen molar-refractivity contribution in [1.29, 1.82) is 0 Å². The summed E-state index contributed by atoms with van der Waals surface area (Å²) in [5, 5.41) is 12.1. The van der Waals surface area contributed by atoms with Gasteiger partial charge in [-0.05, 0) is 23.3 Å². The minimum Gasteiger partial charge on any atom is -0.776 e. The van der Waals surface area contributed by atoms with E-state index in [2.05, 4.69) is 9.97 Å². The number of hydrogen-bond donors (Lipinski definition) is 9. The predicted octanol–water partition coefficient (Wildman–Crippen LogP) is -4.38. The molecule has 2 atom stereocenters. The number of rotatable bonds is 8. The van der Waals surface area contributed by atoms with Gasteiger partial charge in [-0.15, -0.1) is 0 Å². The SMILES string of the molecule is O=P(O)(O)C(O)(Cc1cccnc1)P(=O)(O)O.O=P([O-])(O)C(O)(Cc1cccnc1)P(=O)(O)O.[Na+]. The summed E-state index contributed by atoms with van der Waals surface area (Å²) < 4.78 is 44.0. The minimum absolute atomic E-state index is 0. The van der Waals surface area contributed by atoms with Gasteiger partial charge in [-0.25, -0.2) is 0 Å². The molecule has 9 N–H and O–H groups in total. The summed E-state index contributed by atoms with van der Waals surface area (Å²) in [7, 11) is -22.0. The van der Waals surface area contributed by atoms with Crippen molar-refractivity contribution < 1.29 is 97.2 Å². The zero-order valence-corrected chi connectivity index (χ0v) is 23.4. The van der Waals surface area contributed by atoms with Crippen molar-refractivity contribution in [1.82, 2.24) is 9.97 Å². The van der Waals surface area contributed by atoms with Gasteiger partial charge in [0.05, 0.1) is 0 Å². The van der Waals surface area contributed by atoms with Crippen molar-refractivity contribution in [2.75, 3.05) is 0 Å². The summed E-state index contributed by atoms with van der Waals surface area (Å²) in [5.74, 6) is 0. The molecule has 0 amide bonds. The van der Waals surface area contributed by atoms with E-state index in [0.717, 1.165) is 12.4 Å². The van der Waals surface area contributed by atoms with Crippen LogP contribution < -0.4 is 34.5 Å². The molecule has 0 aliphatic rings. The fraction of sp³-hybridized carbons (Fsp3) is 0.286. The van der Waals surface area contributed by atoms with Gasteiger partial charge in [0.25, 0.3) is 5.08 Å². The van der Waals surface area contributed by atoms with E-state index >= 15 is 0 Å². The topological polar surface area (TPSA) is 299 Å². The second-order valence-electron chi connectivity index (χ2n) is 6.78. The molecule has 0 aliphatic carbocycles. The molecule has 2 aromatic heterocycles. The Hall–Kier alpha value is -0.180. The number of pyridine rings is 2. The molecule has 0 aliphatic heterocycles. The zero-order valence-electron chi connectivity index (χ0n) is 17.8. The molecule has 35 heavy (non-hydrogen) atoms. The largest absolute Gasteiger partial charge is 1.00 e. The van der Waals surface area contributed by atoms with E-state index in [1.165, 1.54) is 36.7 Å². The normalized spacial score (nSPS) is 16.1.